The van der Waals surface area contributed by atoms with Crippen LogP contribution in [-0.2, 0) is 0 Å². The average Bonchev–Trinajstić information content (AvgIpc) is 3.13. The van der Waals surface area contributed by atoms with Crippen LogP contribution in [0.3, 0.4) is 0 Å². The molecule has 21 heavy (non-hydrogen) atoms. The summed E-state index contributed by atoms with van der Waals surface area (Å²) >= 11 is 0. The highest BCUT2D eigenvalue weighted by atomic mass is 16.3. The minimum atomic E-state index is -0.670. The number of hydrogen-bond donors (Lipinski definition) is 3. The Balaban J connectivity index is 1.99. The van der Waals surface area contributed by atoms with Crippen molar-refractivity contribution in [1.29, 1.82) is 0 Å². The summed E-state index contributed by atoms with van der Waals surface area (Å²) in [6.07, 6.45) is 5.00. The first-order chi connectivity index (χ1) is 10.2. The monoisotopic (exact) mass is 289 g/mol. The summed E-state index contributed by atoms with van der Waals surface area (Å²) in [6, 6.07) is 2.11. The first-order valence-electron chi connectivity index (χ1n) is 7.19. The van der Waals surface area contributed by atoms with Crippen LogP contribution in [0.15, 0.2) is 18.5 Å². The highest BCUT2D eigenvalue weighted by molar-refractivity contribution is 6.00. The molecule has 0 saturated heterocycles. The SMILES string of the molecule is CCC(CCC(O)CO)n1[nH]nc2cnc3nccc3c21. The summed E-state index contributed by atoms with van der Waals surface area (Å²) in [6.45, 7) is 1.89. The van der Waals surface area contributed by atoms with Crippen molar-refractivity contribution < 1.29 is 10.2 Å². The molecule has 7 heteroatoms. The molecule has 0 radical (unpaired) electrons. The van der Waals surface area contributed by atoms with E-state index in [4.69, 9.17) is 5.11 Å². The minimum Gasteiger partial charge on any atom is -0.394 e. The van der Waals surface area contributed by atoms with Crippen molar-refractivity contribution in [2.75, 3.05) is 6.61 Å². The van der Waals surface area contributed by atoms with E-state index in [9.17, 15) is 5.11 Å². The summed E-state index contributed by atoms with van der Waals surface area (Å²) in [5, 5.41) is 26.8. The van der Waals surface area contributed by atoms with Crippen molar-refractivity contribution in [2.45, 2.75) is 38.3 Å². The summed E-state index contributed by atoms with van der Waals surface area (Å²) in [5.74, 6) is 0. The second-order valence-electron chi connectivity index (χ2n) is 5.23. The third-order valence-corrected chi connectivity index (χ3v) is 3.89. The molecular weight excluding hydrogens is 270 g/mol. The van der Waals surface area contributed by atoms with Gasteiger partial charge in [-0.05, 0) is 25.3 Å². The number of H-pyrrole nitrogens is 1. The summed E-state index contributed by atoms with van der Waals surface area (Å²) in [7, 11) is 0. The molecule has 0 spiro atoms. The molecule has 0 aliphatic carbocycles. The molecule has 0 aliphatic rings. The smallest absolute Gasteiger partial charge is 0.161 e. The molecule has 0 fully saturated rings. The fraction of sp³-hybridized carbons (Fsp3) is 0.500. The molecular formula is C14H19N5O2. The van der Waals surface area contributed by atoms with E-state index in [0.29, 0.717) is 12.1 Å². The van der Waals surface area contributed by atoms with E-state index in [1.165, 1.54) is 0 Å². The van der Waals surface area contributed by atoms with Crippen molar-refractivity contribution in [1.82, 2.24) is 25.0 Å². The minimum absolute atomic E-state index is 0.178. The van der Waals surface area contributed by atoms with E-state index in [1.807, 2.05) is 10.7 Å². The summed E-state index contributed by atoms with van der Waals surface area (Å²) in [4.78, 5) is 8.50. The van der Waals surface area contributed by atoms with Crippen molar-refractivity contribution in [2.24, 2.45) is 0 Å². The first kappa shape index (κ1) is 14.0. The van der Waals surface area contributed by atoms with E-state index < -0.39 is 6.10 Å². The largest absolute Gasteiger partial charge is 0.394 e. The van der Waals surface area contributed by atoms with Crippen molar-refractivity contribution >= 4 is 22.1 Å². The zero-order chi connectivity index (χ0) is 14.8. The van der Waals surface area contributed by atoms with Crippen LogP contribution < -0.4 is 0 Å². The van der Waals surface area contributed by atoms with Gasteiger partial charge in [0.15, 0.2) is 5.65 Å². The van der Waals surface area contributed by atoms with Gasteiger partial charge in [-0.25, -0.2) is 15.2 Å². The Hall–Kier alpha value is -1.99. The maximum Gasteiger partial charge on any atom is 0.161 e. The first-order valence-corrected chi connectivity index (χ1v) is 7.19. The van der Waals surface area contributed by atoms with Gasteiger partial charge in [-0.3, -0.25) is 4.68 Å². The van der Waals surface area contributed by atoms with Gasteiger partial charge in [0.1, 0.15) is 5.52 Å². The van der Waals surface area contributed by atoms with Gasteiger partial charge in [-0.1, -0.05) is 6.92 Å². The Morgan fingerprint density at radius 2 is 2.19 bits per heavy atom. The number of aliphatic hydroxyl groups excluding tert-OH is 2. The number of rotatable bonds is 6. The highest BCUT2D eigenvalue weighted by Crippen LogP contribution is 2.27. The number of fused-ring (bicyclic) bond motifs is 3. The van der Waals surface area contributed by atoms with Crippen LogP contribution in [0, 0.1) is 0 Å². The molecule has 3 heterocycles. The van der Waals surface area contributed by atoms with Crippen LogP contribution in [0.4, 0.5) is 0 Å². The Bertz CT molecular complexity index is 735. The lowest BCUT2D eigenvalue weighted by Gasteiger charge is -2.18. The molecule has 0 saturated carbocycles. The van der Waals surface area contributed by atoms with E-state index >= 15 is 0 Å². The number of hydrogen-bond acceptors (Lipinski definition) is 5. The number of nitrogens with zero attached hydrogens (tertiary/aromatic N) is 4. The fourth-order valence-corrected chi connectivity index (χ4v) is 2.68. The molecule has 0 aromatic carbocycles. The number of aromatic amines is 1. The second kappa shape index (κ2) is 5.79. The second-order valence-corrected chi connectivity index (χ2v) is 5.23. The molecule has 2 unspecified atom stereocenters. The van der Waals surface area contributed by atoms with E-state index in [0.717, 1.165) is 29.3 Å². The van der Waals surface area contributed by atoms with Crippen LogP contribution in [0.2, 0.25) is 0 Å². The molecule has 2 atom stereocenters. The van der Waals surface area contributed by atoms with Crippen LogP contribution in [-0.4, -0.2) is 47.9 Å². The van der Waals surface area contributed by atoms with Gasteiger partial charge in [0, 0.05) is 11.6 Å². The molecule has 3 N–H and O–H groups in total. The van der Waals surface area contributed by atoms with Gasteiger partial charge in [0.2, 0.25) is 0 Å². The summed E-state index contributed by atoms with van der Waals surface area (Å²) < 4.78 is 2.02. The molecule has 0 aliphatic heterocycles. The van der Waals surface area contributed by atoms with Crippen molar-refractivity contribution in [3.05, 3.63) is 18.5 Å². The normalized spacial score (nSPS) is 14.8. The van der Waals surface area contributed by atoms with E-state index in [-0.39, 0.29) is 12.6 Å². The third-order valence-electron chi connectivity index (χ3n) is 3.89. The zero-order valence-corrected chi connectivity index (χ0v) is 11.9. The van der Waals surface area contributed by atoms with Crippen LogP contribution >= 0.6 is 0 Å². The fourth-order valence-electron chi connectivity index (χ4n) is 2.68. The Kier molecular flexibility index (Phi) is 3.85. The molecule has 3 rings (SSSR count). The van der Waals surface area contributed by atoms with Gasteiger partial charge in [-0.2, -0.15) is 5.10 Å². The van der Waals surface area contributed by atoms with Gasteiger partial charge in [-0.15, -0.1) is 0 Å². The summed E-state index contributed by atoms with van der Waals surface area (Å²) in [5.41, 5.74) is 2.50. The van der Waals surface area contributed by atoms with Gasteiger partial charge in [0.25, 0.3) is 0 Å². The Labute approximate surface area is 121 Å². The molecule has 7 nitrogen and oxygen atoms in total. The van der Waals surface area contributed by atoms with Crippen molar-refractivity contribution in [3.63, 3.8) is 0 Å². The third kappa shape index (κ3) is 2.50. The average molecular weight is 289 g/mol. The van der Waals surface area contributed by atoms with Crippen LogP contribution in [0.5, 0.6) is 0 Å². The Morgan fingerprint density at radius 1 is 1.33 bits per heavy atom. The lowest BCUT2D eigenvalue weighted by atomic mass is 10.1. The quantitative estimate of drug-likeness (QED) is 0.637. The lowest BCUT2D eigenvalue weighted by molar-refractivity contribution is 0.0823. The molecule has 0 bridgehead atoms. The number of nitrogens with one attached hydrogen (secondary N) is 1. The van der Waals surface area contributed by atoms with Crippen LogP contribution in [0.25, 0.3) is 22.1 Å². The van der Waals surface area contributed by atoms with E-state index in [1.54, 1.807) is 12.4 Å². The van der Waals surface area contributed by atoms with Gasteiger partial charge < -0.3 is 10.2 Å². The topological polar surface area (TPSA) is 99.8 Å². The predicted octanol–water partition coefficient (Wildman–Crippen LogP) is 1.39. The number of aliphatic hydroxyl groups is 2. The van der Waals surface area contributed by atoms with Gasteiger partial charge >= 0.3 is 0 Å². The molecule has 3 aromatic rings. The zero-order valence-electron chi connectivity index (χ0n) is 11.9. The van der Waals surface area contributed by atoms with Gasteiger partial charge in [0.05, 0.1) is 30.5 Å². The molecule has 3 aromatic heterocycles. The van der Waals surface area contributed by atoms with Crippen molar-refractivity contribution in [3.8, 4) is 0 Å². The standard InChI is InChI=1S/C14H19N5O2/c1-2-9(3-4-10(21)8-20)19-13-11-5-6-15-14(11)16-7-12(13)17-18-19/h5-7,9-10,18,20-21H,2-4,8H2,1H3. The maximum atomic E-state index is 9.55. The lowest BCUT2D eigenvalue weighted by Crippen LogP contribution is -2.16. The molecule has 0 amide bonds. The molecule has 112 valence electrons. The number of aromatic nitrogens is 5. The number of pyridine rings is 1. The predicted molar refractivity (Wildman–Crippen MR) is 78.8 cm³/mol. The van der Waals surface area contributed by atoms with Crippen LogP contribution in [0.1, 0.15) is 32.2 Å². The van der Waals surface area contributed by atoms with E-state index in [2.05, 4.69) is 27.2 Å². The highest BCUT2D eigenvalue weighted by Gasteiger charge is 2.17. The maximum absolute atomic E-state index is 9.55. The Morgan fingerprint density at radius 3 is 2.95 bits per heavy atom.